The quantitative estimate of drug-likeness (QED) is 0.182. The smallest absolute Gasteiger partial charge is 0.414 e. The summed E-state index contributed by atoms with van der Waals surface area (Å²) in [6.07, 6.45) is -0.162. The van der Waals surface area contributed by atoms with E-state index >= 15 is 0 Å². The molecule has 0 unspecified atom stereocenters. The van der Waals surface area contributed by atoms with Gasteiger partial charge in [0.15, 0.2) is 11.4 Å². The molecule has 8 N–H and O–H groups in total. The molecule has 14 heteroatoms. The minimum Gasteiger partial charge on any atom is -0.508 e. The van der Waals surface area contributed by atoms with Crippen molar-refractivity contribution in [2.75, 3.05) is 6.54 Å². The molecule has 3 aromatic rings. The van der Waals surface area contributed by atoms with E-state index in [1.165, 1.54) is 18.2 Å². The lowest BCUT2D eigenvalue weighted by atomic mass is 10.1. The highest BCUT2D eigenvalue weighted by Gasteiger charge is 2.16. The molecule has 0 aliphatic heterocycles. The van der Waals surface area contributed by atoms with Gasteiger partial charge in [0.1, 0.15) is 23.9 Å². The molecule has 0 saturated carbocycles. The van der Waals surface area contributed by atoms with Gasteiger partial charge < -0.3 is 41.3 Å². The van der Waals surface area contributed by atoms with Crippen LogP contribution in [0.1, 0.15) is 40.3 Å². The number of carbonyl (C=O) groups excluding carboxylic acids is 1. The molecule has 2 aromatic carbocycles. The van der Waals surface area contributed by atoms with Crippen molar-refractivity contribution >= 4 is 17.8 Å². The largest absolute Gasteiger partial charge is 0.508 e. The highest BCUT2D eigenvalue weighted by molar-refractivity contribution is 6.27. The molecule has 0 saturated heterocycles. The maximum Gasteiger partial charge on any atom is 0.414 e. The lowest BCUT2D eigenvalue weighted by Crippen LogP contribution is -2.32. The van der Waals surface area contributed by atoms with Crippen molar-refractivity contribution in [3.8, 4) is 17.2 Å². The summed E-state index contributed by atoms with van der Waals surface area (Å²) in [6, 6.07) is 11.5. The summed E-state index contributed by atoms with van der Waals surface area (Å²) >= 11 is 0. The summed E-state index contributed by atoms with van der Waals surface area (Å²) < 4.78 is 10.1. The van der Waals surface area contributed by atoms with Gasteiger partial charge in [0.25, 0.3) is 5.91 Å². The Labute approximate surface area is 209 Å². The van der Waals surface area contributed by atoms with E-state index in [1.807, 2.05) is 19.1 Å². The van der Waals surface area contributed by atoms with Crippen LogP contribution in [0.15, 0.2) is 47.1 Å². The van der Waals surface area contributed by atoms with Crippen molar-refractivity contribution in [3.63, 3.8) is 0 Å². The number of nitrogens with one attached hydrogen (secondary N) is 1. The highest BCUT2D eigenvalue weighted by Crippen LogP contribution is 2.24. The first-order chi connectivity index (χ1) is 17.5. The lowest BCUT2D eigenvalue weighted by molar-refractivity contribution is -0.159. The first-order valence-corrected chi connectivity index (χ1v) is 10.7. The Kier molecular flexibility index (Phi) is 10.3. The van der Waals surface area contributed by atoms with Gasteiger partial charge in [0.05, 0.1) is 6.10 Å². The van der Waals surface area contributed by atoms with Crippen LogP contribution in [0.5, 0.6) is 17.2 Å². The van der Waals surface area contributed by atoms with Crippen LogP contribution in [0.25, 0.3) is 0 Å². The zero-order chi connectivity index (χ0) is 27.5. The number of carbonyl (C=O) groups is 3. The molecular formula is C23H26N4O10. The van der Waals surface area contributed by atoms with Crippen LogP contribution >= 0.6 is 0 Å². The third-order valence-corrected chi connectivity index (χ3v) is 4.78. The first-order valence-electron chi connectivity index (χ1n) is 10.7. The fourth-order valence-electron chi connectivity index (χ4n) is 3.03. The highest BCUT2D eigenvalue weighted by atomic mass is 16.6. The van der Waals surface area contributed by atoms with E-state index in [0.717, 1.165) is 5.56 Å². The molecule has 37 heavy (non-hydrogen) atoms. The van der Waals surface area contributed by atoms with Crippen molar-refractivity contribution in [2.24, 2.45) is 5.73 Å². The van der Waals surface area contributed by atoms with E-state index in [9.17, 15) is 20.1 Å². The summed E-state index contributed by atoms with van der Waals surface area (Å²) in [4.78, 5) is 29.4. The molecular weight excluding hydrogens is 492 g/mol. The molecule has 3 rings (SSSR count). The number of aromatic nitrogens is 2. The summed E-state index contributed by atoms with van der Waals surface area (Å²) in [5.74, 6) is -4.00. The van der Waals surface area contributed by atoms with Gasteiger partial charge >= 0.3 is 11.9 Å². The minimum absolute atomic E-state index is 0.00155. The van der Waals surface area contributed by atoms with Crippen LogP contribution in [0.3, 0.4) is 0 Å². The number of amides is 1. The van der Waals surface area contributed by atoms with Crippen LogP contribution in [0, 0.1) is 0 Å². The number of carboxylic acid groups (broad SMARTS) is 2. The number of aliphatic hydroxyl groups excluding tert-OH is 1. The van der Waals surface area contributed by atoms with Gasteiger partial charge in [-0.1, -0.05) is 17.3 Å². The average molecular weight is 518 g/mol. The molecule has 198 valence electrons. The topological polar surface area (TPSA) is 239 Å². The number of primary amides is 1. The molecule has 1 heterocycles. The van der Waals surface area contributed by atoms with Gasteiger partial charge in [0.2, 0.25) is 0 Å². The second-order valence-corrected chi connectivity index (χ2v) is 7.78. The summed E-state index contributed by atoms with van der Waals surface area (Å²) in [6.45, 7) is 2.25. The van der Waals surface area contributed by atoms with Gasteiger partial charge in [-0.25, -0.2) is 14.2 Å². The van der Waals surface area contributed by atoms with Crippen molar-refractivity contribution in [1.82, 2.24) is 15.6 Å². The number of benzene rings is 2. The Bertz CT molecular complexity index is 1180. The number of rotatable bonds is 10. The van der Waals surface area contributed by atoms with E-state index < -0.39 is 23.9 Å². The molecule has 0 fully saturated rings. The van der Waals surface area contributed by atoms with E-state index in [1.54, 1.807) is 12.1 Å². The van der Waals surface area contributed by atoms with Gasteiger partial charge in [0, 0.05) is 18.7 Å². The van der Waals surface area contributed by atoms with E-state index in [2.05, 4.69) is 20.3 Å². The molecule has 0 aliphatic carbocycles. The lowest BCUT2D eigenvalue weighted by Gasteiger charge is -2.18. The Balaban J connectivity index is 0.000000717. The van der Waals surface area contributed by atoms with Crippen LogP contribution in [0.2, 0.25) is 0 Å². The normalized spacial score (nSPS) is 12.1. The Morgan fingerprint density at radius 2 is 1.62 bits per heavy atom. The number of phenolic OH excluding ortho intramolecular Hbond substituents is 2. The molecule has 0 bridgehead atoms. The predicted octanol–water partition coefficient (Wildman–Crippen LogP) is 0.568. The summed E-state index contributed by atoms with van der Waals surface area (Å²) in [7, 11) is 0. The Morgan fingerprint density at radius 1 is 1.03 bits per heavy atom. The number of phenols is 2. The van der Waals surface area contributed by atoms with Crippen LogP contribution < -0.4 is 15.8 Å². The van der Waals surface area contributed by atoms with E-state index in [4.69, 9.17) is 30.3 Å². The number of aromatic hydroxyl groups is 2. The van der Waals surface area contributed by atoms with Crippen molar-refractivity contribution in [1.29, 1.82) is 0 Å². The van der Waals surface area contributed by atoms with Crippen LogP contribution in [-0.2, 0) is 22.6 Å². The zero-order valence-electron chi connectivity index (χ0n) is 19.6. The number of carboxylic acids is 2. The molecule has 1 aromatic heterocycles. The third-order valence-electron chi connectivity index (χ3n) is 4.78. The maximum absolute atomic E-state index is 11.2. The number of hydrogen-bond donors (Lipinski definition) is 7. The molecule has 0 aliphatic rings. The average Bonchev–Trinajstić information content (AvgIpc) is 3.31. The number of hydrogen-bond acceptors (Lipinski definition) is 11. The fourth-order valence-corrected chi connectivity index (χ4v) is 3.03. The summed E-state index contributed by atoms with van der Waals surface area (Å²) in [5.41, 5.74) is 6.84. The van der Waals surface area contributed by atoms with Crippen LogP contribution in [0.4, 0.5) is 0 Å². The number of nitrogens with zero attached hydrogens (tertiary/aromatic N) is 2. The Hall–Kier alpha value is -4.69. The zero-order valence-corrected chi connectivity index (χ0v) is 19.6. The summed E-state index contributed by atoms with van der Waals surface area (Å²) in [5, 5.41) is 54.4. The van der Waals surface area contributed by atoms with Crippen molar-refractivity contribution < 1.29 is 49.3 Å². The van der Waals surface area contributed by atoms with Gasteiger partial charge in [-0.2, -0.15) is 0 Å². The second-order valence-electron chi connectivity index (χ2n) is 7.78. The maximum atomic E-state index is 11.2. The molecule has 1 amide bonds. The third kappa shape index (κ3) is 9.46. The number of aliphatic carboxylic acids is 2. The predicted molar refractivity (Wildman–Crippen MR) is 125 cm³/mol. The molecule has 0 radical (unpaired) electrons. The molecule has 2 atom stereocenters. The Morgan fingerprint density at radius 3 is 2.16 bits per heavy atom. The number of nitrogens with two attached hydrogens (primary N) is 1. The van der Waals surface area contributed by atoms with Gasteiger partial charge in [-0.3, -0.25) is 4.79 Å². The second kappa shape index (κ2) is 13.4. The van der Waals surface area contributed by atoms with Crippen LogP contribution in [-0.4, -0.2) is 66.3 Å². The standard InChI is InChI=1S/C21H24N4O6.C2H2O4/c1-12(23-10-19(28)14-7-15(26)9-16(27)8-14)6-13-2-4-17(5-3-13)30-11-18-20(21(22)29)25-31-24-18;3-1(4)2(5)6/h2-5,7-9,12,19,23,26-28H,6,10-11H2,1H3,(H2,22,29);(H,3,4)(H,5,6)/t12-,19-;/m0./s1. The number of aliphatic hydroxyl groups is 1. The first kappa shape index (κ1) is 28.5. The van der Waals surface area contributed by atoms with Crippen molar-refractivity contribution in [3.05, 3.63) is 65.0 Å². The fraction of sp³-hybridized carbons (Fsp3) is 0.261. The minimum atomic E-state index is -1.82. The molecule has 14 nitrogen and oxygen atoms in total. The van der Waals surface area contributed by atoms with Gasteiger partial charge in [-0.15, -0.1) is 0 Å². The monoisotopic (exact) mass is 518 g/mol. The number of ether oxygens (including phenoxy) is 1. The van der Waals surface area contributed by atoms with E-state index in [-0.39, 0.29) is 42.1 Å². The van der Waals surface area contributed by atoms with E-state index in [0.29, 0.717) is 17.7 Å². The SMILES string of the molecule is C[C@@H](Cc1ccc(OCc2nonc2C(N)=O)cc1)NC[C@H](O)c1cc(O)cc(O)c1.O=C(O)C(=O)O. The molecule has 0 spiro atoms. The van der Waals surface area contributed by atoms with Crippen molar-refractivity contribution in [2.45, 2.75) is 32.1 Å². The van der Waals surface area contributed by atoms with Gasteiger partial charge in [-0.05, 0) is 53.9 Å².